The topological polar surface area (TPSA) is 66.4 Å². The SMILES string of the molecule is CC(C)=NNC(=O)NCCc1ccnc(Cl)c1. The molecule has 0 unspecified atom stereocenters. The summed E-state index contributed by atoms with van der Waals surface area (Å²) < 4.78 is 0. The van der Waals surface area contributed by atoms with E-state index < -0.39 is 0 Å². The summed E-state index contributed by atoms with van der Waals surface area (Å²) in [7, 11) is 0. The summed E-state index contributed by atoms with van der Waals surface area (Å²) in [4.78, 5) is 15.1. The fourth-order valence-electron chi connectivity index (χ4n) is 1.12. The molecule has 2 N–H and O–H groups in total. The highest BCUT2D eigenvalue weighted by Gasteiger charge is 1.99. The molecule has 0 spiro atoms. The molecule has 0 saturated heterocycles. The van der Waals surface area contributed by atoms with Gasteiger partial charge in [0.15, 0.2) is 0 Å². The first-order valence-corrected chi connectivity index (χ1v) is 5.61. The van der Waals surface area contributed by atoms with Crippen molar-refractivity contribution in [3.63, 3.8) is 0 Å². The minimum atomic E-state index is -0.314. The highest BCUT2D eigenvalue weighted by Crippen LogP contribution is 2.06. The lowest BCUT2D eigenvalue weighted by atomic mass is 10.2. The Morgan fingerprint density at radius 2 is 2.29 bits per heavy atom. The molecule has 0 aromatic carbocycles. The molecule has 5 nitrogen and oxygen atoms in total. The zero-order valence-electron chi connectivity index (χ0n) is 9.83. The molecule has 0 aliphatic heterocycles. The van der Waals surface area contributed by atoms with Crippen LogP contribution in [0.15, 0.2) is 23.4 Å². The van der Waals surface area contributed by atoms with Gasteiger partial charge in [0.25, 0.3) is 0 Å². The number of pyridine rings is 1. The minimum Gasteiger partial charge on any atom is -0.336 e. The van der Waals surface area contributed by atoms with Gasteiger partial charge in [0, 0.05) is 18.5 Å². The third-order valence-electron chi connectivity index (χ3n) is 1.87. The Morgan fingerprint density at radius 3 is 2.94 bits per heavy atom. The zero-order chi connectivity index (χ0) is 12.7. The van der Waals surface area contributed by atoms with Crippen LogP contribution >= 0.6 is 11.6 Å². The maximum absolute atomic E-state index is 11.2. The number of hydrogen-bond donors (Lipinski definition) is 2. The second-order valence-corrected chi connectivity index (χ2v) is 4.05. The first kappa shape index (κ1) is 13.4. The largest absolute Gasteiger partial charge is 0.336 e. The molecule has 1 aromatic heterocycles. The van der Waals surface area contributed by atoms with Crippen molar-refractivity contribution in [3.05, 3.63) is 29.0 Å². The number of hydrogen-bond acceptors (Lipinski definition) is 3. The van der Waals surface area contributed by atoms with E-state index in [9.17, 15) is 4.79 Å². The van der Waals surface area contributed by atoms with E-state index in [4.69, 9.17) is 11.6 Å². The van der Waals surface area contributed by atoms with Gasteiger partial charge in [0.2, 0.25) is 0 Å². The zero-order valence-corrected chi connectivity index (χ0v) is 10.6. The Morgan fingerprint density at radius 1 is 1.53 bits per heavy atom. The minimum absolute atomic E-state index is 0.314. The number of nitrogens with one attached hydrogen (secondary N) is 2. The summed E-state index contributed by atoms with van der Waals surface area (Å²) >= 11 is 5.74. The highest BCUT2D eigenvalue weighted by molar-refractivity contribution is 6.29. The van der Waals surface area contributed by atoms with E-state index in [1.165, 1.54) is 0 Å². The van der Waals surface area contributed by atoms with Crippen LogP contribution in [-0.2, 0) is 6.42 Å². The van der Waals surface area contributed by atoms with Crippen molar-refractivity contribution in [2.75, 3.05) is 6.54 Å². The molecule has 0 saturated carbocycles. The van der Waals surface area contributed by atoms with Crippen molar-refractivity contribution in [1.29, 1.82) is 0 Å². The van der Waals surface area contributed by atoms with Crippen molar-refractivity contribution >= 4 is 23.3 Å². The second kappa shape index (κ2) is 6.85. The van der Waals surface area contributed by atoms with Crippen molar-refractivity contribution in [3.8, 4) is 0 Å². The van der Waals surface area contributed by atoms with Crippen molar-refractivity contribution in [2.45, 2.75) is 20.3 Å². The monoisotopic (exact) mass is 254 g/mol. The Kier molecular flexibility index (Phi) is 5.42. The summed E-state index contributed by atoms with van der Waals surface area (Å²) in [6.45, 7) is 4.13. The molecule has 17 heavy (non-hydrogen) atoms. The van der Waals surface area contributed by atoms with Crippen LogP contribution in [0.3, 0.4) is 0 Å². The molecular formula is C11H15ClN4O. The predicted octanol–water partition coefficient (Wildman–Crippen LogP) is 1.97. The first-order chi connectivity index (χ1) is 8.08. The Labute approximate surface area is 105 Å². The van der Waals surface area contributed by atoms with E-state index in [1.807, 2.05) is 6.07 Å². The smallest absolute Gasteiger partial charge is 0.335 e. The molecule has 0 radical (unpaired) electrons. The molecule has 92 valence electrons. The Bertz CT molecular complexity index is 416. The van der Waals surface area contributed by atoms with E-state index in [-0.39, 0.29) is 6.03 Å². The predicted molar refractivity (Wildman–Crippen MR) is 68.3 cm³/mol. The number of nitrogens with zero attached hydrogens (tertiary/aromatic N) is 2. The van der Waals surface area contributed by atoms with Gasteiger partial charge in [-0.05, 0) is 38.0 Å². The van der Waals surface area contributed by atoms with Crippen LogP contribution in [0.4, 0.5) is 4.79 Å². The molecule has 0 bridgehead atoms. The normalized spacial score (nSPS) is 9.59. The number of rotatable bonds is 4. The van der Waals surface area contributed by atoms with Gasteiger partial charge < -0.3 is 5.32 Å². The third kappa shape index (κ3) is 5.87. The van der Waals surface area contributed by atoms with Gasteiger partial charge in [-0.3, -0.25) is 0 Å². The Hall–Kier alpha value is -1.62. The van der Waals surface area contributed by atoms with Gasteiger partial charge in [-0.15, -0.1) is 0 Å². The molecule has 0 atom stereocenters. The lowest BCUT2D eigenvalue weighted by molar-refractivity contribution is 0.241. The number of aromatic nitrogens is 1. The quantitative estimate of drug-likeness (QED) is 0.490. The van der Waals surface area contributed by atoms with E-state index in [0.717, 1.165) is 11.3 Å². The first-order valence-electron chi connectivity index (χ1n) is 5.23. The van der Waals surface area contributed by atoms with Gasteiger partial charge in [-0.1, -0.05) is 11.6 Å². The van der Waals surface area contributed by atoms with Crippen molar-refractivity contribution in [2.24, 2.45) is 5.10 Å². The summed E-state index contributed by atoms with van der Waals surface area (Å²) in [5.74, 6) is 0. The fourth-order valence-corrected chi connectivity index (χ4v) is 1.32. The average molecular weight is 255 g/mol. The van der Waals surface area contributed by atoms with Gasteiger partial charge in [-0.25, -0.2) is 15.2 Å². The van der Waals surface area contributed by atoms with Crippen LogP contribution in [-0.4, -0.2) is 23.3 Å². The lowest BCUT2D eigenvalue weighted by Crippen LogP contribution is -2.34. The molecule has 1 heterocycles. The van der Waals surface area contributed by atoms with Crippen molar-refractivity contribution < 1.29 is 4.79 Å². The Balaban J connectivity index is 2.28. The van der Waals surface area contributed by atoms with E-state index >= 15 is 0 Å². The van der Waals surface area contributed by atoms with Crippen LogP contribution in [0.25, 0.3) is 0 Å². The summed E-state index contributed by atoms with van der Waals surface area (Å²) in [6.07, 6.45) is 2.34. The number of amides is 2. The molecule has 1 aromatic rings. The molecule has 0 fully saturated rings. The number of urea groups is 1. The molecular weight excluding hydrogens is 240 g/mol. The van der Waals surface area contributed by atoms with Crippen LogP contribution in [0.1, 0.15) is 19.4 Å². The summed E-state index contributed by atoms with van der Waals surface area (Å²) in [5, 5.41) is 6.93. The molecule has 1 rings (SSSR count). The molecule has 0 aliphatic rings. The van der Waals surface area contributed by atoms with E-state index in [0.29, 0.717) is 18.1 Å². The average Bonchev–Trinajstić information content (AvgIpc) is 2.26. The number of carbonyl (C=O) groups excluding carboxylic acids is 1. The molecule has 6 heteroatoms. The van der Waals surface area contributed by atoms with Crippen LogP contribution in [0.2, 0.25) is 5.15 Å². The highest BCUT2D eigenvalue weighted by atomic mass is 35.5. The lowest BCUT2D eigenvalue weighted by Gasteiger charge is -2.04. The van der Waals surface area contributed by atoms with Crippen LogP contribution < -0.4 is 10.7 Å². The standard InChI is InChI=1S/C11H15ClN4O/c1-8(2)15-16-11(17)14-6-4-9-3-5-13-10(12)7-9/h3,5,7H,4,6H2,1-2H3,(H2,14,16,17). The number of carbonyl (C=O) groups is 1. The fraction of sp³-hybridized carbons (Fsp3) is 0.364. The van der Waals surface area contributed by atoms with Gasteiger partial charge in [-0.2, -0.15) is 5.10 Å². The summed E-state index contributed by atoms with van der Waals surface area (Å²) in [5.41, 5.74) is 4.20. The van der Waals surface area contributed by atoms with Crippen LogP contribution in [0, 0.1) is 0 Å². The van der Waals surface area contributed by atoms with E-state index in [2.05, 4.69) is 20.8 Å². The van der Waals surface area contributed by atoms with Gasteiger partial charge >= 0.3 is 6.03 Å². The van der Waals surface area contributed by atoms with Gasteiger partial charge in [0.05, 0.1) is 0 Å². The summed E-state index contributed by atoms with van der Waals surface area (Å²) in [6, 6.07) is 3.32. The molecule has 0 aliphatic carbocycles. The van der Waals surface area contributed by atoms with Crippen LogP contribution in [0.5, 0.6) is 0 Å². The van der Waals surface area contributed by atoms with Gasteiger partial charge in [0.1, 0.15) is 5.15 Å². The molecule has 2 amide bonds. The maximum Gasteiger partial charge on any atom is 0.335 e. The van der Waals surface area contributed by atoms with E-state index in [1.54, 1.807) is 26.1 Å². The van der Waals surface area contributed by atoms with Crippen molar-refractivity contribution in [1.82, 2.24) is 15.7 Å². The number of hydrazone groups is 1. The maximum atomic E-state index is 11.2. The second-order valence-electron chi connectivity index (χ2n) is 3.66. The number of halogens is 1. The third-order valence-corrected chi connectivity index (χ3v) is 2.08.